The standard InChI is InChI=1S/C13H19FN2O2S/c1-4-16(5-2)13(17)9(3)19(18)12-7-6-10(15)8-11(12)14/h6-9H,4-5,15H2,1-3H3. The third kappa shape index (κ3) is 3.53. The van der Waals surface area contributed by atoms with Crippen LogP contribution in [-0.2, 0) is 15.6 Å². The van der Waals surface area contributed by atoms with E-state index in [1.807, 2.05) is 13.8 Å². The van der Waals surface area contributed by atoms with Crippen LogP contribution in [0, 0.1) is 5.82 Å². The van der Waals surface area contributed by atoms with Gasteiger partial charge < -0.3 is 10.6 Å². The fraction of sp³-hybridized carbons (Fsp3) is 0.462. The van der Waals surface area contributed by atoms with Crippen LogP contribution >= 0.6 is 0 Å². The molecule has 6 heteroatoms. The Hall–Kier alpha value is -1.43. The molecule has 4 nitrogen and oxygen atoms in total. The van der Waals surface area contributed by atoms with Crippen LogP contribution < -0.4 is 5.73 Å². The van der Waals surface area contributed by atoms with Crippen molar-refractivity contribution in [3.63, 3.8) is 0 Å². The smallest absolute Gasteiger partial charge is 0.238 e. The SMILES string of the molecule is CCN(CC)C(=O)C(C)S(=O)c1ccc(N)cc1F. The Morgan fingerprint density at radius 1 is 1.42 bits per heavy atom. The molecule has 0 spiro atoms. The summed E-state index contributed by atoms with van der Waals surface area (Å²) in [5, 5.41) is -0.780. The Morgan fingerprint density at radius 3 is 2.47 bits per heavy atom. The molecule has 2 N–H and O–H groups in total. The predicted molar refractivity (Wildman–Crippen MR) is 74.6 cm³/mol. The second-order valence-corrected chi connectivity index (χ2v) is 5.88. The number of hydrogen-bond donors (Lipinski definition) is 1. The number of carbonyl (C=O) groups excluding carboxylic acids is 1. The van der Waals surface area contributed by atoms with Crippen LogP contribution in [0.1, 0.15) is 20.8 Å². The van der Waals surface area contributed by atoms with E-state index in [4.69, 9.17) is 5.73 Å². The molecule has 1 aromatic carbocycles. The van der Waals surface area contributed by atoms with Crippen molar-refractivity contribution in [3.8, 4) is 0 Å². The van der Waals surface area contributed by atoms with E-state index in [2.05, 4.69) is 0 Å². The van der Waals surface area contributed by atoms with Gasteiger partial charge >= 0.3 is 0 Å². The third-order valence-corrected chi connectivity index (χ3v) is 4.53. The average Bonchev–Trinajstić information content (AvgIpc) is 2.38. The van der Waals surface area contributed by atoms with E-state index in [0.717, 1.165) is 6.07 Å². The summed E-state index contributed by atoms with van der Waals surface area (Å²) < 4.78 is 25.9. The monoisotopic (exact) mass is 286 g/mol. The van der Waals surface area contributed by atoms with Crippen molar-refractivity contribution >= 4 is 22.4 Å². The number of amides is 1. The number of nitrogens with zero attached hydrogens (tertiary/aromatic N) is 1. The highest BCUT2D eigenvalue weighted by Crippen LogP contribution is 2.19. The van der Waals surface area contributed by atoms with Crippen LogP contribution in [0.4, 0.5) is 10.1 Å². The number of nitrogen functional groups attached to an aromatic ring is 1. The lowest BCUT2D eigenvalue weighted by Gasteiger charge is -2.22. The molecule has 2 atom stereocenters. The zero-order valence-corrected chi connectivity index (χ0v) is 12.2. The first-order valence-corrected chi connectivity index (χ1v) is 7.38. The molecule has 0 aliphatic heterocycles. The quantitative estimate of drug-likeness (QED) is 0.839. The molecule has 1 aromatic rings. The number of halogens is 1. The molecular formula is C13H19FN2O2S. The van der Waals surface area contributed by atoms with Gasteiger partial charge in [-0.25, -0.2) is 4.39 Å². The number of carbonyl (C=O) groups is 1. The number of anilines is 1. The minimum Gasteiger partial charge on any atom is -0.399 e. The zero-order valence-electron chi connectivity index (χ0n) is 11.4. The van der Waals surface area contributed by atoms with E-state index in [1.54, 1.807) is 11.8 Å². The van der Waals surface area contributed by atoms with Crippen LogP contribution in [0.2, 0.25) is 0 Å². The van der Waals surface area contributed by atoms with Crippen molar-refractivity contribution < 1.29 is 13.4 Å². The fourth-order valence-corrected chi connectivity index (χ4v) is 2.92. The van der Waals surface area contributed by atoms with Gasteiger partial charge in [-0.15, -0.1) is 0 Å². The fourth-order valence-electron chi connectivity index (χ4n) is 1.75. The molecule has 0 aliphatic rings. The highest BCUT2D eigenvalue weighted by molar-refractivity contribution is 7.86. The van der Waals surface area contributed by atoms with Crippen LogP contribution in [-0.4, -0.2) is 33.4 Å². The van der Waals surface area contributed by atoms with Crippen LogP contribution in [0.15, 0.2) is 23.1 Å². The van der Waals surface area contributed by atoms with Gasteiger partial charge in [0.2, 0.25) is 5.91 Å². The summed E-state index contributed by atoms with van der Waals surface area (Å²) in [6, 6.07) is 3.96. The van der Waals surface area contributed by atoms with Crippen molar-refractivity contribution in [1.82, 2.24) is 4.90 Å². The van der Waals surface area contributed by atoms with Crippen LogP contribution in [0.25, 0.3) is 0 Å². The first-order valence-electron chi connectivity index (χ1n) is 6.16. The van der Waals surface area contributed by atoms with Gasteiger partial charge in [0.25, 0.3) is 0 Å². The maximum absolute atomic E-state index is 13.7. The van der Waals surface area contributed by atoms with Crippen molar-refractivity contribution in [2.45, 2.75) is 30.9 Å². The van der Waals surface area contributed by atoms with Gasteiger partial charge in [0.05, 0.1) is 15.7 Å². The molecule has 0 bridgehead atoms. The summed E-state index contributed by atoms with van der Waals surface area (Å²) in [6.07, 6.45) is 0. The zero-order chi connectivity index (χ0) is 14.6. The molecule has 0 heterocycles. The molecule has 0 saturated heterocycles. The van der Waals surface area contributed by atoms with Crippen LogP contribution in [0.5, 0.6) is 0 Å². The molecule has 1 amide bonds. The highest BCUT2D eigenvalue weighted by Gasteiger charge is 2.26. The normalized spacial score (nSPS) is 13.9. The Balaban J connectivity index is 2.96. The van der Waals surface area contributed by atoms with Crippen molar-refractivity contribution in [2.75, 3.05) is 18.8 Å². The third-order valence-electron chi connectivity index (χ3n) is 2.92. The summed E-state index contributed by atoms with van der Waals surface area (Å²) >= 11 is 0. The van der Waals surface area contributed by atoms with E-state index in [0.29, 0.717) is 13.1 Å². The topological polar surface area (TPSA) is 63.4 Å². The van der Waals surface area contributed by atoms with E-state index in [9.17, 15) is 13.4 Å². The Bertz CT molecular complexity index is 490. The van der Waals surface area contributed by atoms with Crippen molar-refractivity contribution in [1.29, 1.82) is 0 Å². The van der Waals surface area contributed by atoms with Crippen molar-refractivity contribution in [2.24, 2.45) is 0 Å². The molecule has 2 unspecified atom stereocenters. The largest absolute Gasteiger partial charge is 0.399 e. The summed E-state index contributed by atoms with van der Waals surface area (Å²) in [5.41, 5.74) is 5.71. The van der Waals surface area contributed by atoms with Gasteiger partial charge in [0.15, 0.2) is 0 Å². The number of nitrogens with two attached hydrogens (primary N) is 1. The molecule has 0 radical (unpaired) electrons. The summed E-state index contributed by atoms with van der Waals surface area (Å²) in [4.78, 5) is 13.7. The van der Waals surface area contributed by atoms with E-state index in [1.165, 1.54) is 12.1 Å². The lowest BCUT2D eigenvalue weighted by atomic mass is 10.3. The van der Waals surface area contributed by atoms with Crippen molar-refractivity contribution in [3.05, 3.63) is 24.0 Å². The lowest BCUT2D eigenvalue weighted by Crippen LogP contribution is -2.39. The Kier molecular flexibility index (Phi) is 5.47. The molecule has 0 aliphatic carbocycles. The minimum absolute atomic E-state index is 0.0159. The van der Waals surface area contributed by atoms with E-state index in [-0.39, 0.29) is 16.5 Å². The number of hydrogen-bond acceptors (Lipinski definition) is 3. The Morgan fingerprint density at radius 2 is 2.00 bits per heavy atom. The van der Waals surface area contributed by atoms with Gasteiger partial charge in [0, 0.05) is 18.8 Å². The lowest BCUT2D eigenvalue weighted by molar-refractivity contribution is -0.129. The van der Waals surface area contributed by atoms with E-state index >= 15 is 0 Å². The second-order valence-electron chi connectivity index (χ2n) is 4.14. The Labute approximate surface area is 115 Å². The number of benzene rings is 1. The van der Waals surface area contributed by atoms with Gasteiger partial charge in [-0.2, -0.15) is 0 Å². The van der Waals surface area contributed by atoms with Gasteiger partial charge in [-0.3, -0.25) is 9.00 Å². The molecule has 0 saturated carbocycles. The molecule has 1 rings (SSSR count). The van der Waals surface area contributed by atoms with Crippen LogP contribution in [0.3, 0.4) is 0 Å². The summed E-state index contributed by atoms with van der Waals surface area (Å²) in [7, 11) is -1.72. The maximum Gasteiger partial charge on any atom is 0.238 e. The number of rotatable bonds is 5. The first-order chi connectivity index (χ1) is 8.92. The molecule has 0 fully saturated rings. The minimum atomic E-state index is -1.72. The first kappa shape index (κ1) is 15.6. The highest BCUT2D eigenvalue weighted by atomic mass is 32.2. The van der Waals surface area contributed by atoms with Gasteiger partial charge in [0.1, 0.15) is 11.1 Å². The molecule has 19 heavy (non-hydrogen) atoms. The summed E-state index contributed by atoms with van der Waals surface area (Å²) in [5.74, 6) is -0.878. The summed E-state index contributed by atoms with van der Waals surface area (Å²) in [6.45, 7) is 6.33. The second kappa shape index (κ2) is 6.65. The van der Waals surface area contributed by atoms with E-state index < -0.39 is 21.9 Å². The molecule has 0 aromatic heterocycles. The predicted octanol–water partition coefficient (Wildman–Crippen LogP) is 1.77. The van der Waals surface area contributed by atoms with Gasteiger partial charge in [-0.1, -0.05) is 0 Å². The average molecular weight is 286 g/mol. The van der Waals surface area contributed by atoms with Gasteiger partial charge in [-0.05, 0) is 39.0 Å². The molecular weight excluding hydrogens is 267 g/mol. The maximum atomic E-state index is 13.7. The molecule has 106 valence electrons.